The van der Waals surface area contributed by atoms with Gasteiger partial charge < -0.3 is 15.2 Å². The third-order valence-corrected chi connectivity index (χ3v) is 2.69. The van der Waals surface area contributed by atoms with E-state index in [1.54, 1.807) is 24.3 Å². The number of para-hydroxylation sites is 2. The number of aliphatic carboxylic acids is 1. The number of nitrogens with one attached hydrogen (secondary N) is 1. The lowest BCUT2D eigenvalue weighted by Crippen LogP contribution is -2.16. The molecule has 0 aliphatic rings. The van der Waals surface area contributed by atoms with Crippen molar-refractivity contribution in [1.29, 1.82) is 0 Å². The Kier molecular flexibility index (Phi) is 4.56. The van der Waals surface area contributed by atoms with Gasteiger partial charge in [-0.2, -0.15) is 0 Å². The molecular weight excluding hydrogens is 270 g/mol. The predicted octanol–water partition coefficient (Wildman–Crippen LogP) is 3.20. The fourth-order valence-corrected chi connectivity index (χ4v) is 1.80. The van der Waals surface area contributed by atoms with Crippen molar-refractivity contribution < 1.29 is 19.4 Å². The average molecular weight is 285 g/mol. The van der Waals surface area contributed by atoms with Gasteiger partial charge in [-0.15, -0.1) is 0 Å². The van der Waals surface area contributed by atoms with Crippen LogP contribution >= 0.6 is 0 Å². The minimum Gasteiger partial charge on any atom is -0.481 e. The highest BCUT2D eigenvalue weighted by atomic mass is 16.5. The summed E-state index contributed by atoms with van der Waals surface area (Å²) in [6.07, 6.45) is -0.585. The first-order chi connectivity index (χ1) is 10.0. The normalized spacial score (nSPS) is 9.95. The number of hydrogen-bond donors (Lipinski definition) is 2. The number of amides is 1. The monoisotopic (exact) mass is 285 g/mol. The van der Waals surface area contributed by atoms with Crippen molar-refractivity contribution in [2.24, 2.45) is 0 Å². The van der Waals surface area contributed by atoms with Gasteiger partial charge >= 0.3 is 5.97 Å². The molecule has 2 aromatic carbocycles. The first-order valence-corrected chi connectivity index (χ1v) is 6.40. The van der Waals surface area contributed by atoms with Crippen LogP contribution in [0.25, 0.3) is 0 Å². The summed E-state index contributed by atoms with van der Waals surface area (Å²) in [6.45, 7) is 1.95. The Morgan fingerprint density at radius 1 is 1.14 bits per heavy atom. The Bertz CT molecular complexity index is 667. The number of benzene rings is 2. The summed E-state index contributed by atoms with van der Waals surface area (Å²) < 4.78 is 5.73. The number of aryl methyl sites for hydroxylation is 1. The fraction of sp³-hybridized carbons (Fsp3) is 0.125. The number of carboxylic acids is 1. The maximum absolute atomic E-state index is 11.5. The second-order valence-corrected chi connectivity index (χ2v) is 4.53. The van der Waals surface area contributed by atoms with Gasteiger partial charge in [-0.1, -0.05) is 24.3 Å². The summed E-state index contributed by atoms with van der Waals surface area (Å²) in [5.74, 6) is -0.663. The first-order valence-electron chi connectivity index (χ1n) is 6.40. The number of anilines is 1. The van der Waals surface area contributed by atoms with Crippen LogP contribution in [0.4, 0.5) is 5.69 Å². The van der Waals surface area contributed by atoms with E-state index in [4.69, 9.17) is 9.84 Å². The molecule has 21 heavy (non-hydrogen) atoms. The minimum absolute atomic E-state index is 0.435. The van der Waals surface area contributed by atoms with E-state index in [1.165, 1.54) is 0 Å². The third kappa shape index (κ3) is 4.35. The van der Waals surface area contributed by atoms with Crippen molar-refractivity contribution in [2.45, 2.75) is 13.3 Å². The molecule has 0 heterocycles. The van der Waals surface area contributed by atoms with E-state index in [-0.39, 0.29) is 0 Å². The second kappa shape index (κ2) is 6.56. The number of ether oxygens (including phenoxy) is 1. The predicted molar refractivity (Wildman–Crippen MR) is 78.6 cm³/mol. The summed E-state index contributed by atoms with van der Waals surface area (Å²) in [5.41, 5.74) is 1.49. The Morgan fingerprint density at radius 2 is 1.90 bits per heavy atom. The van der Waals surface area contributed by atoms with Gasteiger partial charge in [-0.3, -0.25) is 9.59 Å². The van der Waals surface area contributed by atoms with Gasteiger partial charge in [0.1, 0.15) is 12.2 Å². The molecule has 2 aromatic rings. The molecular formula is C16H15NO4. The molecule has 2 rings (SSSR count). The summed E-state index contributed by atoms with van der Waals surface area (Å²) in [5, 5.41) is 11.1. The molecule has 2 N–H and O–H groups in total. The van der Waals surface area contributed by atoms with Gasteiger partial charge in [0, 0.05) is 0 Å². The van der Waals surface area contributed by atoms with Crippen molar-refractivity contribution in [2.75, 3.05) is 5.32 Å². The van der Waals surface area contributed by atoms with Crippen LogP contribution in [0.15, 0.2) is 48.5 Å². The Labute approximate surface area is 122 Å². The van der Waals surface area contributed by atoms with E-state index >= 15 is 0 Å². The van der Waals surface area contributed by atoms with Gasteiger partial charge in [0.2, 0.25) is 5.91 Å². The van der Waals surface area contributed by atoms with Crippen molar-refractivity contribution in [3.8, 4) is 11.5 Å². The van der Waals surface area contributed by atoms with Crippen molar-refractivity contribution in [1.82, 2.24) is 0 Å². The van der Waals surface area contributed by atoms with Gasteiger partial charge in [0.05, 0.1) is 5.69 Å². The highest BCUT2D eigenvalue weighted by Crippen LogP contribution is 2.29. The lowest BCUT2D eigenvalue weighted by atomic mass is 10.2. The van der Waals surface area contributed by atoms with Crippen LogP contribution in [-0.2, 0) is 9.59 Å². The third-order valence-electron chi connectivity index (χ3n) is 2.69. The van der Waals surface area contributed by atoms with Crippen molar-refractivity contribution >= 4 is 17.6 Å². The zero-order valence-electron chi connectivity index (χ0n) is 11.5. The Morgan fingerprint density at radius 3 is 2.62 bits per heavy atom. The topological polar surface area (TPSA) is 75.6 Å². The van der Waals surface area contributed by atoms with Crippen molar-refractivity contribution in [3.63, 3.8) is 0 Å². The highest BCUT2D eigenvalue weighted by molar-refractivity contribution is 6.02. The molecule has 5 nitrogen and oxygen atoms in total. The molecule has 1 amide bonds. The molecule has 0 bridgehead atoms. The molecule has 0 atom stereocenters. The Balaban J connectivity index is 2.17. The van der Waals surface area contributed by atoms with Crippen LogP contribution in [0.5, 0.6) is 11.5 Å². The van der Waals surface area contributed by atoms with Crippen LogP contribution in [-0.4, -0.2) is 17.0 Å². The largest absolute Gasteiger partial charge is 0.481 e. The molecule has 0 spiro atoms. The highest BCUT2D eigenvalue weighted by Gasteiger charge is 2.11. The van der Waals surface area contributed by atoms with Gasteiger partial charge in [-0.25, -0.2) is 0 Å². The van der Waals surface area contributed by atoms with Crippen LogP contribution < -0.4 is 10.1 Å². The van der Waals surface area contributed by atoms with Crippen LogP contribution in [0.2, 0.25) is 0 Å². The quantitative estimate of drug-likeness (QED) is 0.827. The molecule has 0 unspecified atom stereocenters. The lowest BCUT2D eigenvalue weighted by molar-refractivity contribution is -0.139. The van der Waals surface area contributed by atoms with Crippen LogP contribution in [0.1, 0.15) is 12.0 Å². The summed E-state index contributed by atoms with van der Waals surface area (Å²) in [6, 6.07) is 14.4. The summed E-state index contributed by atoms with van der Waals surface area (Å²) in [7, 11) is 0. The number of rotatable bonds is 5. The van der Waals surface area contributed by atoms with Gasteiger partial charge in [0.15, 0.2) is 5.75 Å². The van der Waals surface area contributed by atoms with E-state index in [9.17, 15) is 9.59 Å². The number of carboxylic acid groups (broad SMARTS) is 1. The zero-order valence-corrected chi connectivity index (χ0v) is 11.5. The molecule has 0 radical (unpaired) electrons. The molecule has 0 fully saturated rings. The molecule has 0 aliphatic heterocycles. The summed E-state index contributed by atoms with van der Waals surface area (Å²) in [4.78, 5) is 22.1. The second-order valence-electron chi connectivity index (χ2n) is 4.53. The molecule has 0 aromatic heterocycles. The molecule has 5 heteroatoms. The van der Waals surface area contributed by atoms with Crippen LogP contribution in [0, 0.1) is 6.92 Å². The Hall–Kier alpha value is -2.82. The van der Waals surface area contributed by atoms with Gasteiger partial charge in [0.25, 0.3) is 0 Å². The SMILES string of the molecule is Cc1cccc(Oc2ccccc2NC(=O)CC(=O)O)c1. The molecule has 0 saturated carbocycles. The van der Waals surface area contributed by atoms with Crippen molar-refractivity contribution in [3.05, 3.63) is 54.1 Å². The standard InChI is InChI=1S/C16H15NO4/c1-11-5-4-6-12(9-11)21-14-8-3-2-7-13(14)17-15(18)10-16(19)20/h2-9H,10H2,1H3,(H,17,18)(H,19,20). The molecule has 0 aliphatic carbocycles. The van der Waals surface area contributed by atoms with Gasteiger partial charge in [-0.05, 0) is 36.8 Å². The first kappa shape index (κ1) is 14.6. The maximum Gasteiger partial charge on any atom is 0.312 e. The summed E-state index contributed by atoms with van der Waals surface area (Å²) >= 11 is 0. The number of carbonyl (C=O) groups is 2. The molecule has 108 valence electrons. The maximum atomic E-state index is 11.5. The van der Waals surface area contributed by atoms with E-state index in [2.05, 4.69) is 5.32 Å². The fourth-order valence-electron chi connectivity index (χ4n) is 1.80. The van der Waals surface area contributed by atoms with E-state index in [1.807, 2.05) is 31.2 Å². The molecule has 0 saturated heterocycles. The van der Waals surface area contributed by atoms with E-state index in [0.29, 0.717) is 17.2 Å². The number of carbonyl (C=O) groups excluding carboxylic acids is 1. The zero-order chi connectivity index (χ0) is 15.2. The minimum atomic E-state index is -1.18. The smallest absolute Gasteiger partial charge is 0.312 e. The van der Waals surface area contributed by atoms with E-state index in [0.717, 1.165) is 5.56 Å². The average Bonchev–Trinajstić information content (AvgIpc) is 2.40. The lowest BCUT2D eigenvalue weighted by Gasteiger charge is -2.12. The number of hydrogen-bond acceptors (Lipinski definition) is 3. The van der Waals surface area contributed by atoms with Crippen LogP contribution in [0.3, 0.4) is 0 Å². The van der Waals surface area contributed by atoms with E-state index < -0.39 is 18.3 Å².